The van der Waals surface area contributed by atoms with Crippen molar-refractivity contribution in [1.82, 2.24) is 5.32 Å². The van der Waals surface area contributed by atoms with E-state index in [1.807, 2.05) is 0 Å². The molecule has 4 N–H and O–H groups in total. The third kappa shape index (κ3) is 5.82. The molecule has 3 amide bonds. The minimum atomic E-state index is -0.640. The van der Waals surface area contributed by atoms with Gasteiger partial charge in [0, 0.05) is 11.3 Å². The molecule has 0 radical (unpaired) electrons. The van der Waals surface area contributed by atoms with Crippen LogP contribution in [0.15, 0.2) is 48.5 Å². The molecule has 0 aliphatic rings. The van der Waals surface area contributed by atoms with Crippen LogP contribution in [-0.2, 0) is 9.59 Å². The largest absolute Gasteiger partial charge is 0.497 e. The summed E-state index contributed by atoms with van der Waals surface area (Å²) in [6.07, 6.45) is 0. The molecule has 8 heteroatoms. The molecule has 0 saturated heterocycles. The van der Waals surface area contributed by atoms with E-state index in [0.717, 1.165) is 0 Å². The van der Waals surface area contributed by atoms with E-state index < -0.39 is 11.8 Å². The molecule has 0 bridgehead atoms. The van der Waals surface area contributed by atoms with E-state index in [0.29, 0.717) is 22.7 Å². The summed E-state index contributed by atoms with van der Waals surface area (Å²) in [6.45, 7) is -0.449. The first kappa shape index (κ1) is 18.8. The quantitative estimate of drug-likeness (QED) is 0.649. The highest BCUT2D eigenvalue weighted by atomic mass is 16.5. The minimum Gasteiger partial charge on any atom is -0.497 e. The van der Waals surface area contributed by atoms with Crippen molar-refractivity contribution in [2.45, 2.75) is 0 Å². The maximum atomic E-state index is 12.0. The second-order valence-electron chi connectivity index (χ2n) is 5.24. The normalized spacial score (nSPS) is 9.88. The van der Waals surface area contributed by atoms with Crippen molar-refractivity contribution in [3.8, 4) is 11.5 Å². The number of rotatable bonds is 8. The number of nitrogens with one attached hydrogen (secondary N) is 2. The standard InChI is InChI=1S/C18H19N3O5/c1-25-14-5-7-15(8-6-14)26-11-17(23)21-13-4-2-3-12(9-13)18(24)20-10-16(19)22/h2-9H,10-11H2,1H3,(H2,19,22)(H,20,24)(H,21,23). The highest BCUT2D eigenvalue weighted by Crippen LogP contribution is 2.17. The van der Waals surface area contributed by atoms with E-state index >= 15 is 0 Å². The number of ether oxygens (including phenoxy) is 2. The van der Waals surface area contributed by atoms with E-state index in [2.05, 4.69) is 10.6 Å². The fourth-order valence-corrected chi connectivity index (χ4v) is 2.03. The monoisotopic (exact) mass is 357 g/mol. The van der Waals surface area contributed by atoms with Crippen molar-refractivity contribution in [1.29, 1.82) is 0 Å². The van der Waals surface area contributed by atoms with E-state index in [4.69, 9.17) is 15.2 Å². The van der Waals surface area contributed by atoms with Gasteiger partial charge in [-0.3, -0.25) is 14.4 Å². The Bertz CT molecular complexity index is 790. The molecule has 2 aromatic carbocycles. The van der Waals surface area contributed by atoms with E-state index in [1.165, 1.54) is 6.07 Å². The Labute approximate surface area is 150 Å². The molecular formula is C18H19N3O5. The van der Waals surface area contributed by atoms with Crippen LogP contribution in [0.2, 0.25) is 0 Å². The molecule has 2 rings (SSSR count). The van der Waals surface area contributed by atoms with Gasteiger partial charge in [-0.2, -0.15) is 0 Å². The maximum Gasteiger partial charge on any atom is 0.262 e. The molecule has 8 nitrogen and oxygen atoms in total. The first-order chi connectivity index (χ1) is 12.5. The number of carbonyl (C=O) groups is 3. The molecule has 0 aromatic heterocycles. The number of carbonyl (C=O) groups excluding carboxylic acids is 3. The number of amides is 3. The van der Waals surface area contributed by atoms with Crippen LogP contribution in [0.1, 0.15) is 10.4 Å². The van der Waals surface area contributed by atoms with Crippen molar-refractivity contribution < 1.29 is 23.9 Å². The third-order valence-corrected chi connectivity index (χ3v) is 3.26. The lowest BCUT2D eigenvalue weighted by Gasteiger charge is -2.09. The Morgan fingerprint density at radius 3 is 2.38 bits per heavy atom. The molecule has 0 aliphatic heterocycles. The van der Waals surface area contributed by atoms with Crippen LogP contribution in [-0.4, -0.2) is 38.0 Å². The number of hydrogen-bond acceptors (Lipinski definition) is 5. The SMILES string of the molecule is COc1ccc(OCC(=O)Nc2cccc(C(=O)NCC(N)=O)c2)cc1. The lowest BCUT2D eigenvalue weighted by Crippen LogP contribution is -2.33. The molecule has 0 unspecified atom stereocenters. The lowest BCUT2D eigenvalue weighted by atomic mass is 10.2. The summed E-state index contributed by atoms with van der Waals surface area (Å²) in [5.74, 6) is -0.267. The van der Waals surface area contributed by atoms with Gasteiger partial charge in [-0.15, -0.1) is 0 Å². The van der Waals surface area contributed by atoms with Crippen molar-refractivity contribution >= 4 is 23.4 Å². The first-order valence-corrected chi connectivity index (χ1v) is 7.71. The fraction of sp³-hybridized carbons (Fsp3) is 0.167. The molecule has 0 atom stereocenters. The summed E-state index contributed by atoms with van der Waals surface area (Å²) < 4.78 is 10.4. The summed E-state index contributed by atoms with van der Waals surface area (Å²) in [4.78, 5) is 34.6. The molecule has 26 heavy (non-hydrogen) atoms. The Morgan fingerprint density at radius 1 is 1.04 bits per heavy atom. The maximum absolute atomic E-state index is 12.0. The van der Waals surface area contributed by atoms with Gasteiger partial charge in [0.05, 0.1) is 13.7 Å². The van der Waals surface area contributed by atoms with Gasteiger partial charge in [0.15, 0.2) is 6.61 Å². The summed E-state index contributed by atoms with van der Waals surface area (Å²) in [7, 11) is 1.56. The lowest BCUT2D eigenvalue weighted by molar-refractivity contribution is -0.118. The van der Waals surface area contributed by atoms with Crippen LogP contribution in [0.3, 0.4) is 0 Å². The van der Waals surface area contributed by atoms with Gasteiger partial charge >= 0.3 is 0 Å². The van der Waals surface area contributed by atoms with Crippen LogP contribution < -0.4 is 25.8 Å². The molecule has 0 spiro atoms. The summed E-state index contributed by atoms with van der Waals surface area (Å²) in [5, 5.41) is 5.01. The molecule has 0 fully saturated rings. The van der Waals surface area contributed by atoms with Crippen LogP contribution >= 0.6 is 0 Å². The van der Waals surface area contributed by atoms with E-state index in [-0.39, 0.29) is 19.1 Å². The van der Waals surface area contributed by atoms with Crippen molar-refractivity contribution in [3.05, 3.63) is 54.1 Å². The summed E-state index contributed by atoms with van der Waals surface area (Å²) in [5.41, 5.74) is 5.70. The minimum absolute atomic E-state index is 0.190. The van der Waals surface area contributed by atoms with Gasteiger partial charge in [0.25, 0.3) is 11.8 Å². The van der Waals surface area contributed by atoms with Crippen LogP contribution in [0, 0.1) is 0 Å². The van der Waals surface area contributed by atoms with Crippen LogP contribution in [0.5, 0.6) is 11.5 Å². The number of hydrogen-bond donors (Lipinski definition) is 3. The topological polar surface area (TPSA) is 120 Å². The molecular weight excluding hydrogens is 338 g/mol. The van der Waals surface area contributed by atoms with Gasteiger partial charge in [-0.05, 0) is 42.5 Å². The highest BCUT2D eigenvalue weighted by molar-refractivity contribution is 5.98. The van der Waals surface area contributed by atoms with E-state index in [9.17, 15) is 14.4 Å². The van der Waals surface area contributed by atoms with Gasteiger partial charge in [-0.25, -0.2) is 0 Å². The number of primary amides is 1. The Hall–Kier alpha value is -3.55. The molecule has 0 saturated carbocycles. The number of methoxy groups -OCH3 is 1. The van der Waals surface area contributed by atoms with Crippen LogP contribution in [0.25, 0.3) is 0 Å². The van der Waals surface area contributed by atoms with Crippen molar-refractivity contribution in [3.63, 3.8) is 0 Å². The Morgan fingerprint density at radius 2 is 1.73 bits per heavy atom. The second-order valence-corrected chi connectivity index (χ2v) is 5.24. The Balaban J connectivity index is 1.88. The molecule has 0 heterocycles. The van der Waals surface area contributed by atoms with Crippen molar-refractivity contribution in [2.75, 3.05) is 25.6 Å². The smallest absolute Gasteiger partial charge is 0.262 e. The van der Waals surface area contributed by atoms with Gasteiger partial charge in [-0.1, -0.05) is 6.07 Å². The average Bonchev–Trinajstić information content (AvgIpc) is 2.65. The predicted molar refractivity (Wildman–Crippen MR) is 95.1 cm³/mol. The number of benzene rings is 2. The van der Waals surface area contributed by atoms with Gasteiger partial charge in [0.1, 0.15) is 11.5 Å². The van der Waals surface area contributed by atoms with Crippen molar-refractivity contribution in [2.24, 2.45) is 5.73 Å². The molecule has 136 valence electrons. The molecule has 0 aliphatic carbocycles. The van der Waals surface area contributed by atoms with E-state index in [1.54, 1.807) is 49.6 Å². The zero-order chi connectivity index (χ0) is 18.9. The third-order valence-electron chi connectivity index (χ3n) is 3.26. The Kier molecular flexibility index (Phi) is 6.55. The van der Waals surface area contributed by atoms with Gasteiger partial charge < -0.3 is 25.8 Å². The predicted octanol–water partition coefficient (Wildman–Crippen LogP) is 0.928. The summed E-state index contributed by atoms with van der Waals surface area (Å²) >= 11 is 0. The second kappa shape index (κ2) is 9.07. The summed E-state index contributed by atoms with van der Waals surface area (Å²) in [6, 6.07) is 13.1. The first-order valence-electron chi connectivity index (χ1n) is 7.71. The van der Waals surface area contributed by atoms with Crippen LogP contribution in [0.4, 0.5) is 5.69 Å². The fourth-order valence-electron chi connectivity index (χ4n) is 2.03. The highest BCUT2D eigenvalue weighted by Gasteiger charge is 2.09. The number of nitrogens with two attached hydrogens (primary N) is 1. The zero-order valence-electron chi connectivity index (χ0n) is 14.2. The number of anilines is 1. The zero-order valence-corrected chi connectivity index (χ0v) is 14.2. The van der Waals surface area contributed by atoms with Gasteiger partial charge in [0.2, 0.25) is 5.91 Å². The average molecular weight is 357 g/mol. The molecule has 2 aromatic rings.